The second kappa shape index (κ2) is 8.63. The summed E-state index contributed by atoms with van der Waals surface area (Å²) in [5, 5.41) is 2.70. The molecule has 0 atom stereocenters. The van der Waals surface area contributed by atoms with Gasteiger partial charge in [-0.15, -0.1) is 0 Å². The monoisotopic (exact) mass is 379 g/mol. The number of rotatable bonds is 6. The number of carbonyl (C=O) groups is 2. The smallest absolute Gasteiger partial charge is 0.345 e. The molecule has 0 aliphatic rings. The van der Waals surface area contributed by atoms with E-state index in [0.717, 1.165) is 17.3 Å². The number of ether oxygens (including phenoxy) is 1. The Morgan fingerprint density at radius 2 is 1.68 bits per heavy atom. The van der Waals surface area contributed by atoms with Crippen LogP contribution in [0, 0.1) is 0 Å². The number of benzene rings is 2. The van der Waals surface area contributed by atoms with Crippen LogP contribution in [0.1, 0.15) is 21.5 Å². The lowest BCUT2D eigenvalue weighted by Gasteiger charge is -2.11. The van der Waals surface area contributed by atoms with Crippen LogP contribution in [0.5, 0.6) is 0 Å². The number of carbonyl (C=O) groups excluding carboxylic acids is 2. The minimum Gasteiger partial charge on any atom is -0.452 e. The lowest BCUT2D eigenvalue weighted by atomic mass is 10.0. The van der Waals surface area contributed by atoms with Gasteiger partial charge in [0.2, 0.25) is 0 Å². The highest BCUT2D eigenvalue weighted by molar-refractivity contribution is 5.95. The normalized spacial score (nSPS) is 10.3. The predicted octanol–water partition coefficient (Wildman–Crippen LogP) is 1.45. The van der Waals surface area contributed by atoms with Crippen molar-refractivity contribution in [2.24, 2.45) is 0 Å². The van der Waals surface area contributed by atoms with Gasteiger partial charge in [-0.3, -0.25) is 14.6 Å². The molecule has 8 heteroatoms. The molecule has 0 fully saturated rings. The van der Waals surface area contributed by atoms with Crippen molar-refractivity contribution in [2.45, 2.75) is 6.42 Å². The number of amides is 1. The van der Waals surface area contributed by atoms with Gasteiger partial charge in [0, 0.05) is 11.9 Å². The zero-order valence-corrected chi connectivity index (χ0v) is 14.7. The number of aromatic nitrogens is 2. The Morgan fingerprint density at radius 1 is 0.964 bits per heavy atom. The van der Waals surface area contributed by atoms with Crippen LogP contribution in [0.3, 0.4) is 0 Å². The van der Waals surface area contributed by atoms with Crippen LogP contribution in [-0.4, -0.2) is 28.5 Å². The maximum Gasteiger partial charge on any atom is 0.345 e. The SMILES string of the molecule is O=C(COC(=O)c1c[nH]c(=O)[nH]c1=O)Nc1ccccc1Cc1ccccc1. The molecule has 0 aliphatic heterocycles. The zero-order chi connectivity index (χ0) is 19.9. The molecule has 3 rings (SSSR count). The summed E-state index contributed by atoms with van der Waals surface area (Å²) in [7, 11) is 0. The molecule has 0 spiro atoms. The number of hydrogen-bond donors (Lipinski definition) is 3. The molecule has 28 heavy (non-hydrogen) atoms. The van der Waals surface area contributed by atoms with E-state index in [-0.39, 0.29) is 0 Å². The predicted molar refractivity (Wildman–Crippen MR) is 102 cm³/mol. The number of hydrogen-bond acceptors (Lipinski definition) is 5. The third kappa shape index (κ3) is 4.82. The number of anilines is 1. The molecule has 0 aliphatic carbocycles. The largest absolute Gasteiger partial charge is 0.452 e. The quantitative estimate of drug-likeness (QED) is 0.560. The number of esters is 1. The van der Waals surface area contributed by atoms with Gasteiger partial charge in [0.05, 0.1) is 0 Å². The fraction of sp³-hybridized carbons (Fsp3) is 0.100. The van der Waals surface area contributed by atoms with E-state index in [4.69, 9.17) is 4.74 Å². The van der Waals surface area contributed by atoms with Gasteiger partial charge in [-0.05, 0) is 23.6 Å². The van der Waals surface area contributed by atoms with Gasteiger partial charge in [0.1, 0.15) is 5.56 Å². The maximum absolute atomic E-state index is 12.2. The maximum atomic E-state index is 12.2. The van der Waals surface area contributed by atoms with E-state index in [1.165, 1.54) is 0 Å². The van der Waals surface area contributed by atoms with Gasteiger partial charge in [-0.1, -0.05) is 48.5 Å². The Morgan fingerprint density at radius 3 is 2.43 bits per heavy atom. The molecule has 1 aromatic heterocycles. The number of nitrogens with one attached hydrogen (secondary N) is 3. The molecular formula is C20H17N3O5. The first-order valence-corrected chi connectivity index (χ1v) is 8.44. The van der Waals surface area contributed by atoms with Crippen molar-refractivity contribution in [2.75, 3.05) is 11.9 Å². The lowest BCUT2D eigenvalue weighted by Crippen LogP contribution is -2.29. The van der Waals surface area contributed by atoms with E-state index in [9.17, 15) is 19.2 Å². The fourth-order valence-electron chi connectivity index (χ4n) is 2.57. The van der Waals surface area contributed by atoms with Crippen molar-refractivity contribution >= 4 is 17.6 Å². The first-order valence-electron chi connectivity index (χ1n) is 8.44. The molecule has 8 nitrogen and oxygen atoms in total. The van der Waals surface area contributed by atoms with Crippen LogP contribution in [0.15, 0.2) is 70.4 Å². The molecule has 0 unspecified atom stereocenters. The van der Waals surface area contributed by atoms with Crippen molar-refractivity contribution in [1.29, 1.82) is 0 Å². The zero-order valence-electron chi connectivity index (χ0n) is 14.7. The van der Waals surface area contributed by atoms with Gasteiger partial charge < -0.3 is 15.0 Å². The molecule has 0 bridgehead atoms. The molecule has 3 N–H and O–H groups in total. The average molecular weight is 379 g/mol. The summed E-state index contributed by atoms with van der Waals surface area (Å²) in [6, 6.07) is 17.1. The molecular weight excluding hydrogens is 362 g/mol. The lowest BCUT2D eigenvalue weighted by molar-refractivity contribution is -0.119. The van der Waals surface area contributed by atoms with E-state index in [0.29, 0.717) is 12.1 Å². The summed E-state index contributed by atoms with van der Waals surface area (Å²) in [5.41, 5.74) is 0.584. The number of H-pyrrole nitrogens is 2. The average Bonchev–Trinajstić information content (AvgIpc) is 2.68. The molecule has 0 radical (unpaired) electrons. The molecule has 1 heterocycles. The minimum absolute atomic E-state index is 0.392. The molecule has 0 saturated heterocycles. The minimum atomic E-state index is -1.01. The number of para-hydroxylation sites is 1. The molecule has 0 saturated carbocycles. The Balaban J connectivity index is 1.63. The van der Waals surface area contributed by atoms with Crippen LogP contribution in [-0.2, 0) is 16.0 Å². The second-order valence-electron chi connectivity index (χ2n) is 5.93. The Labute approximate surface area is 159 Å². The third-order valence-electron chi connectivity index (χ3n) is 3.90. The van der Waals surface area contributed by atoms with Gasteiger partial charge >= 0.3 is 11.7 Å². The Kier molecular flexibility index (Phi) is 5.81. The fourth-order valence-corrected chi connectivity index (χ4v) is 2.57. The summed E-state index contributed by atoms with van der Waals surface area (Å²) in [4.78, 5) is 50.7. The van der Waals surface area contributed by atoms with E-state index in [1.807, 2.05) is 47.4 Å². The van der Waals surface area contributed by atoms with Crippen molar-refractivity contribution in [3.63, 3.8) is 0 Å². The van der Waals surface area contributed by atoms with Gasteiger partial charge in [-0.25, -0.2) is 9.59 Å². The van der Waals surface area contributed by atoms with Crippen molar-refractivity contribution in [3.05, 3.63) is 98.3 Å². The summed E-state index contributed by atoms with van der Waals surface area (Å²) in [5.74, 6) is -1.56. The van der Waals surface area contributed by atoms with Crippen LogP contribution < -0.4 is 16.6 Å². The number of aromatic amines is 2. The van der Waals surface area contributed by atoms with Gasteiger partial charge in [0.25, 0.3) is 11.5 Å². The third-order valence-corrected chi connectivity index (χ3v) is 3.90. The summed E-state index contributed by atoms with van der Waals surface area (Å²) < 4.78 is 4.85. The van der Waals surface area contributed by atoms with Crippen LogP contribution in [0.4, 0.5) is 5.69 Å². The standard InChI is InChI=1S/C20H17N3O5/c24-17(12-28-19(26)15-11-21-20(27)23-18(15)25)22-16-9-5-4-8-14(16)10-13-6-2-1-3-7-13/h1-9,11H,10,12H2,(H,22,24)(H2,21,23,25,27). The van der Waals surface area contributed by atoms with Gasteiger partial charge in [0.15, 0.2) is 6.61 Å². The molecule has 1 amide bonds. The van der Waals surface area contributed by atoms with Crippen molar-refractivity contribution < 1.29 is 14.3 Å². The Bertz CT molecular complexity index is 1100. The second-order valence-corrected chi connectivity index (χ2v) is 5.93. The Hall–Kier alpha value is -3.94. The summed E-state index contributed by atoms with van der Waals surface area (Å²) in [6.45, 7) is -0.572. The topological polar surface area (TPSA) is 121 Å². The van der Waals surface area contributed by atoms with E-state index >= 15 is 0 Å². The van der Waals surface area contributed by atoms with Crippen molar-refractivity contribution in [1.82, 2.24) is 9.97 Å². The highest BCUT2D eigenvalue weighted by atomic mass is 16.5. The molecule has 2 aromatic carbocycles. The highest BCUT2D eigenvalue weighted by Gasteiger charge is 2.15. The van der Waals surface area contributed by atoms with Crippen LogP contribution in [0.2, 0.25) is 0 Å². The van der Waals surface area contributed by atoms with E-state index < -0.39 is 35.3 Å². The first-order chi connectivity index (χ1) is 13.5. The van der Waals surface area contributed by atoms with E-state index in [2.05, 4.69) is 10.3 Å². The summed E-state index contributed by atoms with van der Waals surface area (Å²) >= 11 is 0. The van der Waals surface area contributed by atoms with Crippen LogP contribution >= 0.6 is 0 Å². The molecule has 3 aromatic rings. The van der Waals surface area contributed by atoms with Crippen LogP contribution in [0.25, 0.3) is 0 Å². The van der Waals surface area contributed by atoms with Crippen molar-refractivity contribution in [3.8, 4) is 0 Å². The van der Waals surface area contributed by atoms with E-state index in [1.54, 1.807) is 12.1 Å². The summed E-state index contributed by atoms with van der Waals surface area (Å²) in [6.07, 6.45) is 1.57. The van der Waals surface area contributed by atoms with Gasteiger partial charge in [-0.2, -0.15) is 0 Å². The molecule has 142 valence electrons. The highest BCUT2D eigenvalue weighted by Crippen LogP contribution is 2.19. The first kappa shape index (κ1) is 18.8.